The molecule has 1 N–H and O–H groups in total. The predicted molar refractivity (Wildman–Crippen MR) is 91.4 cm³/mol. The van der Waals surface area contributed by atoms with Crippen LogP contribution in [0.3, 0.4) is 0 Å². The van der Waals surface area contributed by atoms with Crippen LogP contribution in [0, 0.1) is 0 Å². The van der Waals surface area contributed by atoms with Crippen molar-refractivity contribution in [2.24, 2.45) is 4.99 Å². The monoisotopic (exact) mass is 442 g/mol. The maximum absolute atomic E-state index is 12.8. The van der Waals surface area contributed by atoms with Crippen molar-refractivity contribution in [3.8, 4) is 0 Å². The Hall–Kier alpha value is -2.47. The zero-order valence-corrected chi connectivity index (χ0v) is 15.7. The molecule has 0 aromatic rings. The van der Waals surface area contributed by atoms with Crippen LogP contribution < -0.4 is 5.32 Å². The average Bonchev–Trinajstić information content (AvgIpc) is 3.07. The molecule has 13 heteroatoms. The number of hydrogen-bond donors (Lipinski definition) is 1. The molecule has 0 saturated carbocycles. The van der Waals surface area contributed by atoms with Crippen LogP contribution in [0.2, 0.25) is 0 Å². The van der Waals surface area contributed by atoms with E-state index < -0.39 is 30.1 Å². The van der Waals surface area contributed by atoms with Gasteiger partial charge in [-0.2, -0.15) is 26.3 Å². The minimum absolute atomic E-state index is 0.115. The second-order valence-corrected chi connectivity index (χ2v) is 7.39. The molecule has 0 aromatic carbocycles. The summed E-state index contributed by atoms with van der Waals surface area (Å²) in [5.41, 5.74) is -0.240. The molecule has 2 saturated heterocycles. The Bertz CT molecular complexity index is 727. The van der Waals surface area contributed by atoms with E-state index in [0.717, 1.165) is 4.90 Å². The number of nitrogens with one attached hydrogen (secondary N) is 1. The van der Waals surface area contributed by atoms with E-state index in [1.807, 2.05) is 0 Å². The van der Waals surface area contributed by atoms with Gasteiger partial charge >= 0.3 is 18.4 Å². The molecule has 30 heavy (non-hydrogen) atoms. The first-order valence-electron chi connectivity index (χ1n) is 9.28. The number of nitrogens with zero attached hydrogens (tertiary/aromatic N) is 3. The lowest BCUT2D eigenvalue weighted by atomic mass is 9.84. The molecule has 0 aromatic heterocycles. The molecule has 3 aliphatic heterocycles. The van der Waals surface area contributed by atoms with Gasteiger partial charge in [0, 0.05) is 37.6 Å². The van der Waals surface area contributed by atoms with Crippen LogP contribution >= 0.6 is 0 Å². The van der Waals surface area contributed by atoms with Gasteiger partial charge in [-0.05, 0) is 25.7 Å². The molecule has 3 rings (SSSR count). The first kappa shape index (κ1) is 22.2. The highest BCUT2D eigenvalue weighted by Gasteiger charge is 2.60. The predicted octanol–water partition coefficient (Wildman–Crippen LogP) is 2.59. The van der Waals surface area contributed by atoms with Gasteiger partial charge in [-0.3, -0.25) is 9.79 Å². The zero-order chi connectivity index (χ0) is 22.2. The van der Waals surface area contributed by atoms with Gasteiger partial charge in [-0.15, -0.1) is 0 Å². The number of carbonyl (C=O) groups excluding carboxylic acids is 2. The van der Waals surface area contributed by atoms with Crippen LogP contribution in [0.15, 0.2) is 16.8 Å². The second-order valence-electron chi connectivity index (χ2n) is 7.39. The molecule has 168 valence electrons. The number of amides is 2. The molecule has 0 bridgehead atoms. The quantitative estimate of drug-likeness (QED) is 0.668. The molecule has 3 heterocycles. The summed E-state index contributed by atoms with van der Waals surface area (Å²) in [7, 11) is 0. The highest BCUT2D eigenvalue weighted by Crippen LogP contribution is 2.40. The largest absolute Gasteiger partial charge is 0.434 e. The number of halogens is 6. The van der Waals surface area contributed by atoms with E-state index in [0.29, 0.717) is 31.6 Å². The van der Waals surface area contributed by atoms with Crippen LogP contribution in [0.1, 0.15) is 25.7 Å². The number of carbonyl (C=O) groups is 2. The molecule has 0 aliphatic carbocycles. The topological polar surface area (TPSA) is 74.2 Å². The Morgan fingerprint density at radius 2 is 1.70 bits per heavy atom. The summed E-state index contributed by atoms with van der Waals surface area (Å²) in [5, 5.41) is 2.83. The van der Waals surface area contributed by atoms with Crippen molar-refractivity contribution in [1.82, 2.24) is 15.1 Å². The molecule has 0 radical (unpaired) electrons. The Kier molecular flexibility index (Phi) is 5.92. The van der Waals surface area contributed by atoms with Crippen molar-refractivity contribution in [2.45, 2.75) is 49.7 Å². The van der Waals surface area contributed by atoms with Crippen molar-refractivity contribution in [1.29, 1.82) is 0 Å². The van der Waals surface area contributed by atoms with Gasteiger partial charge in [0.05, 0.1) is 5.57 Å². The summed E-state index contributed by atoms with van der Waals surface area (Å²) in [6, 6.07) is 0. The molecule has 0 atom stereocenters. The third-order valence-electron chi connectivity index (χ3n) is 5.52. The van der Waals surface area contributed by atoms with Crippen molar-refractivity contribution in [2.75, 3.05) is 26.3 Å². The number of rotatable bonds is 2. The highest BCUT2D eigenvalue weighted by atomic mass is 19.4. The highest BCUT2D eigenvalue weighted by molar-refractivity contribution is 6.12. The summed E-state index contributed by atoms with van der Waals surface area (Å²) < 4.78 is 79.5. The van der Waals surface area contributed by atoms with Gasteiger partial charge in [0.1, 0.15) is 6.67 Å². The van der Waals surface area contributed by atoms with E-state index in [1.54, 1.807) is 11.1 Å². The molecule has 1 spiro atoms. The lowest BCUT2D eigenvalue weighted by Crippen LogP contribution is -2.56. The number of aliphatic imine (C=N–C) groups is 1. The summed E-state index contributed by atoms with van der Waals surface area (Å²) in [6.07, 6.45) is -12.6. The fourth-order valence-corrected chi connectivity index (χ4v) is 4.04. The van der Waals surface area contributed by atoms with Crippen molar-refractivity contribution in [3.63, 3.8) is 0 Å². The van der Waals surface area contributed by atoms with Crippen LogP contribution in [0.4, 0.5) is 31.1 Å². The standard InChI is InChI=1S/C17H20F6N4O3/c18-16(19,20)13(17(21,22)23)30-14(29)26-6-3-15(4-7-26)2-1-5-27(15)12(28)11-8-24-10-25-9-11/h8-9,13,24H,1-7,10H2. The average molecular weight is 442 g/mol. The fraction of sp³-hybridized carbons (Fsp3) is 0.706. The summed E-state index contributed by atoms with van der Waals surface area (Å²) in [6.45, 7) is 0.599. The van der Waals surface area contributed by atoms with Crippen LogP contribution in [0.5, 0.6) is 0 Å². The molecule has 2 fully saturated rings. The number of ether oxygens (including phenoxy) is 1. The Morgan fingerprint density at radius 3 is 2.23 bits per heavy atom. The maximum atomic E-state index is 12.8. The molecular weight excluding hydrogens is 422 g/mol. The van der Waals surface area contributed by atoms with E-state index in [4.69, 9.17) is 0 Å². The Morgan fingerprint density at radius 1 is 1.07 bits per heavy atom. The molecule has 3 aliphatic rings. The van der Waals surface area contributed by atoms with E-state index in [2.05, 4.69) is 15.0 Å². The molecule has 0 unspecified atom stereocenters. The number of piperidine rings is 1. The fourth-order valence-electron chi connectivity index (χ4n) is 4.04. The van der Waals surface area contributed by atoms with Gasteiger partial charge in [0.15, 0.2) is 0 Å². The van der Waals surface area contributed by atoms with E-state index in [1.165, 1.54) is 6.21 Å². The summed E-state index contributed by atoms with van der Waals surface area (Å²) in [5.74, 6) is -0.256. The van der Waals surface area contributed by atoms with Crippen LogP contribution in [-0.2, 0) is 9.53 Å². The molecular formula is C17H20F6N4O3. The van der Waals surface area contributed by atoms with Gasteiger partial charge in [-0.1, -0.05) is 0 Å². The normalized spacial score (nSPS) is 21.6. The summed E-state index contributed by atoms with van der Waals surface area (Å²) in [4.78, 5) is 31.2. The zero-order valence-electron chi connectivity index (χ0n) is 15.7. The third-order valence-corrected chi connectivity index (χ3v) is 5.52. The van der Waals surface area contributed by atoms with Crippen LogP contribution in [0.25, 0.3) is 0 Å². The van der Waals surface area contributed by atoms with E-state index in [-0.39, 0.29) is 31.8 Å². The first-order chi connectivity index (χ1) is 13.9. The lowest BCUT2D eigenvalue weighted by Gasteiger charge is -2.45. The smallest absolute Gasteiger partial charge is 0.426 e. The molecule has 7 nitrogen and oxygen atoms in total. The Balaban J connectivity index is 1.64. The van der Waals surface area contributed by atoms with E-state index >= 15 is 0 Å². The first-order valence-corrected chi connectivity index (χ1v) is 9.28. The number of alkyl halides is 6. The minimum atomic E-state index is -5.76. The van der Waals surface area contributed by atoms with Gasteiger partial charge in [0.2, 0.25) is 0 Å². The van der Waals surface area contributed by atoms with Crippen LogP contribution in [-0.4, -0.2) is 78.3 Å². The SMILES string of the molecule is O=C(OC(C(F)(F)F)C(F)(F)F)N1CCC2(CCCN2C(=O)C2=CNCN=C2)CC1. The van der Waals surface area contributed by atoms with Crippen molar-refractivity contribution in [3.05, 3.63) is 11.8 Å². The number of likely N-dealkylation sites (tertiary alicyclic amines) is 2. The third kappa shape index (κ3) is 4.48. The van der Waals surface area contributed by atoms with Gasteiger partial charge in [0.25, 0.3) is 12.0 Å². The van der Waals surface area contributed by atoms with Gasteiger partial charge < -0.3 is 19.9 Å². The van der Waals surface area contributed by atoms with Crippen molar-refractivity contribution < 1.29 is 40.7 Å². The minimum Gasteiger partial charge on any atom is -0.426 e. The number of hydrogen-bond acceptors (Lipinski definition) is 5. The molecule has 2 amide bonds. The van der Waals surface area contributed by atoms with E-state index in [9.17, 15) is 35.9 Å². The lowest BCUT2D eigenvalue weighted by molar-refractivity contribution is -0.308. The Labute approximate surface area is 167 Å². The van der Waals surface area contributed by atoms with Gasteiger partial charge in [-0.25, -0.2) is 4.79 Å². The second kappa shape index (κ2) is 7.99. The van der Waals surface area contributed by atoms with Crippen molar-refractivity contribution >= 4 is 18.2 Å². The maximum Gasteiger partial charge on any atom is 0.434 e. The summed E-state index contributed by atoms with van der Waals surface area (Å²) >= 11 is 0.